The van der Waals surface area contributed by atoms with Crippen molar-refractivity contribution in [3.63, 3.8) is 0 Å². The Kier molecular flexibility index (Phi) is 4.51. The van der Waals surface area contributed by atoms with E-state index < -0.39 is 17.4 Å². The molecule has 18 heavy (non-hydrogen) atoms. The van der Waals surface area contributed by atoms with Gasteiger partial charge in [-0.25, -0.2) is 0 Å². The first-order chi connectivity index (χ1) is 8.39. The monoisotopic (exact) mass is 270 g/mol. The maximum atomic E-state index is 12.1. The number of esters is 1. The molecule has 1 heterocycles. The van der Waals surface area contributed by atoms with Crippen molar-refractivity contribution in [2.24, 2.45) is 5.41 Å². The Balaban J connectivity index is 3.04. The molecule has 0 aromatic carbocycles. The fraction of sp³-hybridized carbons (Fsp3) is 0.538. The molecule has 0 radical (unpaired) electrons. The van der Waals surface area contributed by atoms with Crippen LogP contribution in [0.3, 0.4) is 0 Å². The molecule has 0 atom stereocenters. The maximum absolute atomic E-state index is 12.1. The molecule has 0 unspecified atom stereocenters. The van der Waals surface area contributed by atoms with Crippen molar-refractivity contribution in [3.05, 3.63) is 15.8 Å². The number of carboxylic acid groups (broad SMARTS) is 1. The molecule has 0 saturated heterocycles. The minimum atomic E-state index is -1.44. The molecule has 5 heteroatoms. The van der Waals surface area contributed by atoms with Gasteiger partial charge in [-0.1, -0.05) is 13.8 Å². The van der Waals surface area contributed by atoms with Crippen LogP contribution in [-0.4, -0.2) is 17.0 Å². The number of carbonyl (C=O) groups is 2. The highest BCUT2D eigenvalue weighted by molar-refractivity contribution is 7.10. The summed E-state index contributed by atoms with van der Waals surface area (Å²) in [5.41, 5.74) is -0.585. The highest BCUT2D eigenvalue weighted by Gasteiger charge is 2.45. The second kappa shape index (κ2) is 5.52. The smallest absolute Gasteiger partial charge is 0.328 e. The maximum Gasteiger partial charge on any atom is 0.328 e. The van der Waals surface area contributed by atoms with Gasteiger partial charge in [0.15, 0.2) is 5.41 Å². The van der Waals surface area contributed by atoms with Crippen molar-refractivity contribution < 1.29 is 19.4 Å². The molecule has 0 fully saturated rings. The predicted molar refractivity (Wildman–Crippen MR) is 70.1 cm³/mol. The Morgan fingerprint density at radius 2 is 1.89 bits per heavy atom. The van der Waals surface area contributed by atoms with Gasteiger partial charge in [-0.2, -0.15) is 0 Å². The summed E-state index contributed by atoms with van der Waals surface area (Å²) in [5.74, 6) is -1.30. The third-order valence-corrected chi connectivity index (χ3v) is 4.30. The van der Waals surface area contributed by atoms with E-state index in [1.54, 1.807) is 13.8 Å². The first kappa shape index (κ1) is 14.7. The quantitative estimate of drug-likeness (QED) is 0.659. The second-order valence-corrected chi connectivity index (χ2v) is 5.37. The van der Waals surface area contributed by atoms with E-state index >= 15 is 0 Å². The SMILES string of the molecule is CCC(CC)(C(=O)O)C(=O)Oc1c(C)csc1C. The van der Waals surface area contributed by atoms with E-state index in [0.717, 1.165) is 10.4 Å². The third-order valence-electron chi connectivity index (χ3n) is 3.29. The highest BCUT2D eigenvalue weighted by Crippen LogP contribution is 2.34. The van der Waals surface area contributed by atoms with Crippen molar-refractivity contribution in [1.82, 2.24) is 0 Å². The van der Waals surface area contributed by atoms with Gasteiger partial charge in [0, 0.05) is 10.4 Å². The standard InChI is InChI=1S/C13H18O4S/c1-5-13(6-2,11(14)15)12(16)17-10-8(3)7-18-9(10)4/h7H,5-6H2,1-4H3,(H,14,15). The van der Waals surface area contributed by atoms with Crippen LogP contribution in [0.5, 0.6) is 5.75 Å². The minimum absolute atomic E-state index is 0.222. The summed E-state index contributed by atoms with van der Waals surface area (Å²) in [6.07, 6.45) is 0.444. The highest BCUT2D eigenvalue weighted by atomic mass is 32.1. The number of thiophene rings is 1. The van der Waals surface area contributed by atoms with Gasteiger partial charge in [0.05, 0.1) is 0 Å². The lowest BCUT2D eigenvalue weighted by atomic mass is 9.82. The Labute approximate surface area is 111 Å². The van der Waals surface area contributed by atoms with Crippen molar-refractivity contribution in [3.8, 4) is 5.75 Å². The number of carboxylic acids is 1. The van der Waals surface area contributed by atoms with Crippen LogP contribution in [0.2, 0.25) is 0 Å². The molecule has 0 bridgehead atoms. The average Bonchev–Trinajstić information content (AvgIpc) is 2.63. The van der Waals surface area contributed by atoms with Crippen molar-refractivity contribution in [2.75, 3.05) is 0 Å². The molecule has 0 aliphatic carbocycles. The van der Waals surface area contributed by atoms with Crippen LogP contribution >= 0.6 is 11.3 Å². The van der Waals surface area contributed by atoms with E-state index in [1.165, 1.54) is 11.3 Å². The van der Waals surface area contributed by atoms with E-state index in [4.69, 9.17) is 4.74 Å². The zero-order valence-corrected chi connectivity index (χ0v) is 11.9. The summed E-state index contributed by atoms with van der Waals surface area (Å²) in [5, 5.41) is 11.2. The summed E-state index contributed by atoms with van der Waals surface area (Å²) in [7, 11) is 0. The molecule has 0 aliphatic heterocycles. The van der Waals surface area contributed by atoms with E-state index in [9.17, 15) is 14.7 Å². The average molecular weight is 270 g/mol. The summed E-state index contributed by atoms with van der Waals surface area (Å²) in [4.78, 5) is 24.3. The number of aliphatic carboxylic acids is 1. The van der Waals surface area contributed by atoms with Crippen LogP contribution in [0, 0.1) is 19.3 Å². The van der Waals surface area contributed by atoms with Gasteiger partial charge < -0.3 is 9.84 Å². The van der Waals surface area contributed by atoms with Crippen molar-refractivity contribution in [2.45, 2.75) is 40.5 Å². The normalized spacial score (nSPS) is 11.3. The van der Waals surface area contributed by atoms with Crippen LogP contribution < -0.4 is 4.74 Å². The van der Waals surface area contributed by atoms with Gasteiger partial charge in [0.1, 0.15) is 5.75 Å². The molecule has 0 saturated carbocycles. The first-order valence-corrected chi connectivity index (χ1v) is 6.77. The molecule has 1 N–H and O–H groups in total. The summed E-state index contributed by atoms with van der Waals surface area (Å²) >= 11 is 1.48. The van der Waals surface area contributed by atoms with Crippen LogP contribution in [-0.2, 0) is 9.59 Å². The number of ether oxygens (including phenoxy) is 1. The predicted octanol–water partition coefficient (Wildman–Crippen LogP) is 3.16. The van der Waals surface area contributed by atoms with Crippen LogP contribution in [0.15, 0.2) is 5.38 Å². The van der Waals surface area contributed by atoms with Crippen molar-refractivity contribution >= 4 is 23.3 Å². The number of aryl methyl sites for hydroxylation is 2. The Hall–Kier alpha value is -1.36. The third kappa shape index (κ3) is 2.41. The molecular weight excluding hydrogens is 252 g/mol. The van der Waals surface area contributed by atoms with Gasteiger partial charge in [0.25, 0.3) is 0 Å². The molecular formula is C13H18O4S. The molecule has 100 valence electrons. The molecule has 0 aliphatic rings. The number of carbonyl (C=O) groups excluding carboxylic acids is 1. The van der Waals surface area contributed by atoms with E-state index in [-0.39, 0.29) is 12.8 Å². The fourth-order valence-electron chi connectivity index (χ4n) is 1.83. The van der Waals surface area contributed by atoms with E-state index in [1.807, 2.05) is 19.2 Å². The fourth-order valence-corrected chi connectivity index (χ4v) is 2.60. The number of rotatable bonds is 5. The topological polar surface area (TPSA) is 63.6 Å². The Morgan fingerprint density at radius 1 is 1.33 bits per heavy atom. The zero-order valence-electron chi connectivity index (χ0n) is 11.1. The van der Waals surface area contributed by atoms with E-state index in [2.05, 4.69) is 0 Å². The lowest BCUT2D eigenvalue weighted by molar-refractivity contribution is -0.163. The molecule has 1 aromatic rings. The Morgan fingerprint density at radius 3 is 2.22 bits per heavy atom. The van der Waals surface area contributed by atoms with Crippen LogP contribution in [0.25, 0.3) is 0 Å². The van der Waals surface area contributed by atoms with Crippen molar-refractivity contribution in [1.29, 1.82) is 0 Å². The summed E-state index contributed by atoms with van der Waals surface area (Å²) in [6.45, 7) is 7.06. The van der Waals surface area contributed by atoms with Gasteiger partial charge in [-0.05, 0) is 32.1 Å². The number of hydrogen-bond donors (Lipinski definition) is 1. The second-order valence-electron chi connectivity index (χ2n) is 4.29. The molecule has 1 rings (SSSR count). The largest absolute Gasteiger partial charge is 0.480 e. The van der Waals surface area contributed by atoms with E-state index in [0.29, 0.717) is 5.75 Å². The van der Waals surface area contributed by atoms with Crippen LogP contribution in [0.4, 0.5) is 0 Å². The summed E-state index contributed by atoms with van der Waals surface area (Å²) < 4.78 is 5.32. The lowest BCUT2D eigenvalue weighted by Crippen LogP contribution is -2.41. The Bertz CT molecular complexity index is 438. The molecule has 4 nitrogen and oxygen atoms in total. The first-order valence-electron chi connectivity index (χ1n) is 5.89. The van der Waals surface area contributed by atoms with Gasteiger partial charge in [-0.15, -0.1) is 11.3 Å². The lowest BCUT2D eigenvalue weighted by Gasteiger charge is -2.24. The minimum Gasteiger partial charge on any atom is -0.480 e. The molecule has 0 spiro atoms. The molecule has 1 aromatic heterocycles. The summed E-state index contributed by atoms with van der Waals surface area (Å²) in [6, 6.07) is 0. The van der Waals surface area contributed by atoms with Crippen LogP contribution in [0.1, 0.15) is 37.1 Å². The van der Waals surface area contributed by atoms with Gasteiger partial charge in [-0.3, -0.25) is 9.59 Å². The number of hydrogen-bond acceptors (Lipinski definition) is 4. The zero-order chi connectivity index (χ0) is 13.9. The van der Waals surface area contributed by atoms with Gasteiger partial charge >= 0.3 is 11.9 Å². The van der Waals surface area contributed by atoms with Gasteiger partial charge in [0.2, 0.25) is 0 Å². The molecule has 0 amide bonds.